The van der Waals surface area contributed by atoms with Crippen LogP contribution in [0.3, 0.4) is 0 Å². The van der Waals surface area contributed by atoms with Crippen molar-refractivity contribution in [2.24, 2.45) is 0 Å². The second-order valence-corrected chi connectivity index (χ2v) is 7.43. The first kappa shape index (κ1) is 20.0. The number of tetrazole rings is 1. The fraction of sp³-hybridized carbons (Fsp3) is 0.316. The third kappa shape index (κ3) is 4.15. The molecule has 3 aromatic rings. The maximum Gasteiger partial charge on any atom is 0.289 e. The number of rotatable bonds is 6. The number of furan rings is 1. The van der Waals surface area contributed by atoms with E-state index in [1.54, 1.807) is 33.7 Å². The molecule has 1 fully saturated rings. The minimum absolute atomic E-state index is 0.0281. The predicted octanol–water partition coefficient (Wildman–Crippen LogP) is 1.34. The lowest BCUT2D eigenvalue weighted by atomic mass is 10.3. The van der Waals surface area contributed by atoms with Gasteiger partial charge in [-0.2, -0.15) is 4.68 Å². The summed E-state index contributed by atoms with van der Waals surface area (Å²) >= 11 is 1.26. The zero-order chi connectivity index (χ0) is 20.9. The van der Waals surface area contributed by atoms with E-state index in [1.807, 2.05) is 24.3 Å². The molecule has 0 radical (unpaired) electrons. The topological polar surface area (TPSA) is 107 Å². The van der Waals surface area contributed by atoms with E-state index in [0.29, 0.717) is 48.5 Å². The van der Waals surface area contributed by atoms with Crippen molar-refractivity contribution in [2.45, 2.75) is 5.16 Å². The smallest absolute Gasteiger partial charge is 0.289 e. The normalized spacial score (nSPS) is 14.0. The Labute approximate surface area is 176 Å². The highest BCUT2D eigenvalue weighted by Crippen LogP contribution is 2.25. The summed E-state index contributed by atoms with van der Waals surface area (Å²) in [5, 5.41) is 12.3. The van der Waals surface area contributed by atoms with E-state index in [9.17, 15) is 9.59 Å². The minimum atomic E-state index is -0.155. The average Bonchev–Trinajstić information content (AvgIpc) is 3.49. The quantitative estimate of drug-likeness (QED) is 0.542. The van der Waals surface area contributed by atoms with Gasteiger partial charge in [-0.1, -0.05) is 23.9 Å². The molecule has 10 nitrogen and oxygen atoms in total. The Morgan fingerprint density at radius 3 is 2.60 bits per heavy atom. The summed E-state index contributed by atoms with van der Waals surface area (Å²) in [5.41, 5.74) is 0.699. The molecule has 30 heavy (non-hydrogen) atoms. The summed E-state index contributed by atoms with van der Waals surface area (Å²) in [6.45, 7) is 1.89. The lowest BCUT2D eigenvalue weighted by Crippen LogP contribution is -2.51. The fourth-order valence-corrected chi connectivity index (χ4v) is 3.94. The molecule has 1 saturated heterocycles. The molecule has 0 unspecified atom stereocenters. The highest BCUT2D eigenvalue weighted by molar-refractivity contribution is 7.99. The number of amides is 2. The van der Waals surface area contributed by atoms with Crippen molar-refractivity contribution in [1.29, 1.82) is 0 Å². The molecule has 2 amide bonds. The summed E-state index contributed by atoms with van der Waals surface area (Å²) in [4.78, 5) is 28.4. The Kier molecular flexibility index (Phi) is 5.98. The monoisotopic (exact) mass is 428 g/mol. The third-order valence-corrected chi connectivity index (χ3v) is 5.63. The first-order valence-electron chi connectivity index (χ1n) is 9.32. The maximum absolute atomic E-state index is 12.6. The van der Waals surface area contributed by atoms with Gasteiger partial charge in [-0.3, -0.25) is 9.59 Å². The van der Waals surface area contributed by atoms with E-state index in [2.05, 4.69) is 15.5 Å². The molecule has 0 aliphatic carbocycles. The minimum Gasteiger partial charge on any atom is -0.494 e. The SMILES string of the molecule is COc1ccccc1-n1nnnc1SCC(=O)N1CCN(C(=O)c2ccco2)CC1. The Morgan fingerprint density at radius 2 is 1.87 bits per heavy atom. The lowest BCUT2D eigenvalue weighted by Gasteiger charge is -2.34. The second kappa shape index (κ2) is 8.99. The van der Waals surface area contributed by atoms with E-state index >= 15 is 0 Å². The van der Waals surface area contributed by atoms with Gasteiger partial charge in [0.1, 0.15) is 11.4 Å². The number of hydrogen-bond acceptors (Lipinski definition) is 8. The molecule has 3 heterocycles. The molecule has 0 bridgehead atoms. The predicted molar refractivity (Wildman–Crippen MR) is 108 cm³/mol. The van der Waals surface area contributed by atoms with E-state index in [0.717, 1.165) is 0 Å². The van der Waals surface area contributed by atoms with Gasteiger partial charge in [-0.15, -0.1) is 5.10 Å². The number of piperazine rings is 1. The van der Waals surface area contributed by atoms with Gasteiger partial charge >= 0.3 is 0 Å². The van der Waals surface area contributed by atoms with Gasteiger partial charge in [0.2, 0.25) is 11.1 Å². The summed E-state index contributed by atoms with van der Waals surface area (Å²) < 4.78 is 12.1. The van der Waals surface area contributed by atoms with Crippen molar-refractivity contribution >= 4 is 23.6 Å². The third-order valence-electron chi connectivity index (χ3n) is 4.73. The lowest BCUT2D eigenvalue weighted by molar-refractivity contribution is -0.129. The molecular formula is C19H20N6O4S. The summed E-state index contributed by atoms with van der Waals surface area (Å²) in [6.07, 6.45) is 1.48. The standard InChI is InChI=1S/C19H20N6O4S/c1-28-15-6-3-2-5-14(15)25-19(20-21-22-25)30-13-17(26)23-8-10-24(11-9-23)18(27)16-7-4-12-29-16/h2-7,12H,8-11,13H2,1H3. The van der Waals surface area contributed by atoms with Crippen LogP contribution < -0.4 is 4.74 Å². The first-order valence-corrected chi connectivity index (χ1v) is 10.3. The Balaban J connectivity index is 1.33. The van der Waals surface area contributed by atoms with Crippen molar-refractivity contribution in [1.82, 2.24) is 30.0 Å². The van der Waals surface area contributed by atoms with Crippen molar-refractivity contribution in [3.8, 4) is 11.4 Å². The van der Waals surface area contributed by atoms with Gasteiger partial charge < -0.3 is 19.0 Å². The number of carbonyl (C=O) groups excluding carboxylic acids is 2. The number of benzene rings is 1. The number of methoxy groups -OCH3 is 1. The van der Waals surface area contributed by atoms with Gasteiger partial charge in [-0.25, -0.2) is 0 Å². The van der Waals surface area contributed by atoms with Crippen molar-refractivity contribution in [3.05, 3.63) is 48.4 Å². The van der Waals surface area contributed by atoms with Crippen LogP contribution in [-0.2, 0) is 4.79 Å². The van der Waals surface area contributed by atoms with Crippen LogP contribution in [0.15, 0.2) is 52.2 Å². The average molecular weight is 428 g/mol. The van der Waals surface area contributed by atoms with E-state index in [-0.39, 0.29) is 17.6 Å². The van der Waals surface area contributed by atoms with E-state index < -0.39 is 0 Å². The van der Waals surface area contributed by atoms with Crippen LogP contribution >= 0.6 is 11.8 Å². The van der Waals surface area contributed by atoms with Crippen molar-refractivity contribution < 1.29 is 18.7 Å². The number of nitrogens with zero attached hydrogens (tertiary/aromatic N) is 6. The molecule has 4 rings (SSSR count). The number of hydrogen-bond donors (Lipinski definition) is 0. The van der Waals surface area contributed by atoms with Gasteiger partial charge in [0.15, 0.2) is 5.76 Å². The van der Waals surface area contributed by atoms with E-state index in [4.69, 9.17) is 9.15 Å². The van der Waals surface area contributed by atoms with Gasteiger partial charge in [0, 0.05) is 26.2 Å². The number of ether oxygens (including phenoxy) is 1. The van der Waals surface area contributed by atoms with E-state index in [1.165, 1.54) is 18.0 Å². The largest absolute Gasteiger partial charge is 0.494 e. The highest BCUT2D eigenvalue weighted by Gasteiger charge is 2.26. The van der Waals surface area contributed by atoms with Crippen LogP contribution in [0.5, 0.6) is 5.75 Å². The number of aromatic nitrogens is 4. The number of carbonyl (C=O) groups is 2. The van der Waals surface area contributed by atoms with Crippen LogP contribution in [0.2, 0.25) is 0 Å². The Bertz CT molecular complexity index is 1010. The summed E-state index contributed by atoms with van der Waals surface area (Å²) in [6, 6.07) is 10.7. The summed E-state index contributed by atoms with van der Waals surface area (Å²) in [5.74, 6) is 0.961. The van der Waals surface area contributed by atoms with Gasteiger partial charge in [-0.05, 0) is 34.7 Å². The summed E-state index contributed by atoms with van der Waals surface area (Å²) in [7, 11) is 1.58. The zero-order valence-corrected chi connectivity index (χ0v) is 17.1. The maximum atomic E-state index is 12.6. The van der Waals surface area contributed by atoms with Crippen LogP contribution in [0.25, 0.3) is 5.69 Å². The molecule has 0 saturated carbocycles. The number of para-hydroxylation sites is 2. The Hall–Kier alpha value is -3.34. The molecule has 1 aliphatic rings. The van der Waals surface area contributed by atoms with Crippen LogP contribution in [0.4, 0.5) is 0 Å². The van der Waals surface area contributed by atoms with Crippen LogP contribution in [-0.4, -0.2) is 80.9 Å². The van der Waals surface area contributed by atoms with Crippen molar-refractivity contribution in [2.75, 3.05) is 39.0 Å². The molecule has 1 aliphatic heterocycles. The first-order chi connectivity index (χ1) is 14.7. The highest BCUT2D eigenvalue weighted by atomic mass is 32.2. The fourth-order valence-electron chi connectivity index (χ4n) is 3.16. The molecule has 0 spiro atoms. The molecule has 156 valence electrons. The number of thioether (sulfide) groups is 1. The molecule has 0 atom stereocenters. The molecule has 1 aromatic carbocycles. The van der Waals surface area contributed by atoms with Crippen molar-refractivity contribution in [3.63, 3.8) is 0 Å². The van der Waals surface area contributed by atoms with Gasteiger partial charge in [0.05, 0.1) is 19.1 Å². The molecular weight excluding hydrogens is 408 g/mol. The van der Waals surface area contributed by atoms with Crippen LogP contribution in [0.1, 0.15) is 10.6 Å². The molecule has 11 heteroatoms. The Morgan fingerprint density at radius 1 is 1.10 bits per heavy atom. The van der Waals surface area contributed by atoms with Crippen LogP contribution in [0, 0.1) is 0 Å². The van der Waals surface area contributed by atoms with Gasteiger partial charge in [0.25, 0.3) is 5.91 Å². The second-order valence-electron chi connectivity index (χ2n) is 6.48. The molecule has 0 N–H and O–H groups in total. The molecule has 2 aromatic heterocycles. The zero-order valence-electron chi connectivity index (χ0n) is 16.3.